The van der Waals surface area contributed by atoms with Crippen LogP contribution in [0.2, 0.25) is 0 Å². The first-order chi connectivity index (χ1) is 43.7. The number of carbonyl (C=O) groups is 6. The minimum atomic E-state index is -0.793. The molecule has 0 saturated carbocycles. The molecule has 0 spiro atoms. The Balaban J connectivity index is 0.000000265. The molecule has 4 heterocycles. The van der Waals surface area contributed by atoms with E-state index in [1.807, 2.05) is 222 Å². The van der Waals surface area contributed by atoms with Crippen molar-refractivity contribution < 1.29 is 75.6 Å². The second-order valence-electron chi connectivity index (χ2n) is 33.0. The standard InChI is InChI=1S/2C20H28O4.C20H26O4.C15H18O3.C5H10O/c3*1-19(2,3)16(21)11-14-13-10-12(23-7)8-9-15(13)24-17(14)18(22)20(4,5)6;1-9-11-8-10(17-5)6-7-12(11)18-13(9)14(16)15(2,3)4;1-5(2,3)4-6/h8-10,18,22H,11H2,1-7H3;8-10,16,21H,11H2,1-7H3;8-10H,11H2,1-7H3;6-8H,1-5H3;4H,1-3H3. The van der Waals surface area contributed by atoms with E-state index >= 15 is 0 Å². The van der Waals surface area contributed by atoms with E-state index in [4.69, 9.17) is 36.6 Å². The van der Waals surface area contributed by atoms with E-state index in [1.165, 1.54) is 0 Å². The van der Waals surface area contributed by atoms with Crippen LogP contribution in [0.4, 0.5) is 0 Å². The molecule has 0 saturated heterocycles. The quantitative estimate of drug-likeness (QED) is 0.0761. The number of rotatable bonds is 14. The molecule has 2 unspecified atom stereocenters. The summed E-state index contributed by atoms with van der Waals surface area (Å²) >= 11 is 0. The van der Waals surface area contributed by atoms with Crippen LogP contribution in [0.5, 0.6) is 23.0 Å². The number of aldehydes is 1. The van der Waals surface area contributed by atoms with Gasteiger partial charge in [0.15, 0.2) is 17.3 Å². The van der Waals surface area contributed by atoms with Gasteiger partial charge in [0.05, 0.1) is 34.5 Å². The predicted octanol–water partition coefficient (Wildman–Crippen LogP) is 19.3. The van der Waals surface area contributed by atoms with Gasteiger partial charge < -0.3 is 51.6 Å². The van der Waals surface area contributed by atoms with Gasteiger partial charge in [0, 0.05) is 95.6 Å². The Morgan fingerprint density at radius 2 is 0.698 bits per heavy atom. The monoisotopic (exact) mass is 1330 g/mol. The van der Waals surface area contributed by atoms with Gasteiger partial charge in [-0.3, -0.25) is 24.0 Å². The Morgan fingerprint density at radius 3 is 1.02 bits per heavy atom. The number of hydrogen-bond donors (Lipinski definition) is 2. The van der Waals surface area contributed by atoms with Crippen LogP contribution < -0.4 is 18.9 Å². The molecule has 0 aliphatic carbocycles. The minimum absolute atomic E-state index is 0.0233. The average Bonchev–Trinajstić information content (AvgIpc) is 1.65. The fourth-order valence-electron chi connectivity index (χ4n) is 9.24. The van der Waals surface area contributed by atoms with Crippen LogP contribution >= 0.6 is 0 Å². The summed E-state index contributed by atoms with van der Waals surface area (Å²) in [4.78, 5) is 72.9. The van der Waals surface area contributed by atoms with Crippen molar-refractivity contribution in [1.82, 2.24) is 0 Å². The summed E-state index contributed by atoms with van der Waals surface area (Å²) in [6.07, 6.45) is 0.315. The number of aliphatic hydroxyl groups excluding tert-OH is 2. The summed E-state index contributed by atoms with van der Waals surface area (Å²) in [5.41, 5.74) is 2.33. The summed E-state index contributed by atoms with van der Waals surface area (Å²) in [6, 6.07) is 21.9. The van der Waals surface area contributed by atoms with Crippen molar-refractivity contribution in [3.8, 4) is 23.0 Å². The Bertz CT molecular complexity index is 4040. The molecule has 96 heavy (non-hydrogen) atoms. The molecule has 0 aliphatic rings. The van der Waals surface area contributed by atoms with Gasteiger partial charge in [-0.15, -0.1) is 0 Å². The fraction of sp³-hybridized carbons (Fsp3) is 0.525. The molecular formula is C80H110O16. The third kappa shape index (κ3) is 20.8. The van der Waals surface area contributed by atoms with Crippen LogP contribution in [0, 0.1) is 50.2 Å². The van der Waals surface area contributed by atoms with Crippen molar-refractivity contribution in [2.24, 2.45) is 43.3 Å². The van der Waals surface area contributed by atoms with Crippen LogP contribution in [-0.4, -0.2) is 80.0 Å². The molecule has 16 heteroatoms. The van der Waals surface area contributed by atoms with Crippen molar-refractivity contribution in [3.05, 3.63) is 118 Å². The van der Waals surface area contributed by atoms with Crippen LogP contribution in [-0.2, 0) is 33.6 Å². The predicted molar refractivity (Wildman–Crippen MR) is 383 cm³/mol. The maximum Gasteiger partial charge on any atom is 0.203 e. The van der Waals surface area contributed by atoms with Gasteiger partial charge in [0.1, 0.15) is 75.0 Å². The number of aliphatic hydroxyl groups is 2. The largest absolute Gasteiger partial charge is 0.497 e. The first-order valence-corrected chi connectivity index (χ1v) is 32.6. The topological polar surface area (TPSA) is 232 Å². The molecule has 8 rings (SSSR count). The fourth-order valence-corrected chi connectivity index (χ4v) is 9.24. The van der Waals surface area contributed by atoms with Crippen LogP contribution in [0.3, 0.4) is 0 Å². The SMILES string of the molecule is CC(C)(C)C=O.COc1ccc2oc(C(=O)C(C)(C)C)c(C)c2c1.COc1ccc2oc(C(=O)C(C)(C)C)c(CC(=O)C(C)(C)C)c2c1.COc1ccc2oc(C(=O)C(C)(C)C)c(CC(O)C(C)(C)C)c2c1.COc1ccc2oc(C(O)C(C)(C)C)c(CC(=O)C(C)(C)C)c2c1. The van der Waals surface area contributed by atoms with Gasteiger partial charge in [-0.2, -0.15) is 0 Å². The molecular weight excluding hydrogens is 1220 g/mol. The van der Waals surface area contributed by atoms with Crippen LogP contribution in [0.1, 0.15) is 232 Å². The first-order valence-electron chi connectivity index (χ1n) is 32.6. The zero-order chi connectivity index (χ0) is 73.6. The number of aryl methyl sites for hydroxylation is 1. The number of Topliss-reactive ketones (excluding diaryl/α,β-unsaturated/α-hetero) is 5. The number of benzene rings is 4. The molecule has 2 atom stereocenters. The highest BCUT2D eigenvalue weighted by Crippen LogP contribution is 2.42. The van der Waals surface area contributed by atoms with E-state index in [2.05, 4.69) is 0 Å². The molecule has 2 N–H and O–H groups in total. The van der Waals surface area contributed by atoms with Crippen LogP contribution in [0.15, 0.2) is 90.5 Å². The number of ketones is 5. The lowest BCUT2D eigenvalue weighted by molar-refractivity contribution is -0.126. The first kappa shape index (κ1) is 80.6. The molecule has 0 amide bonds. The molecule has 0 bridgehead atoms. The van der Waals surface area contributed by atoms with E-state index in [9.17, 15) is 39.0 Å². The molecule has 8 aromatic rings. The third-order valence-electron chi connectivity index (χ3n) is 16.0. The van der Waals surface area contributed by atoms with Crippen LogP contribution in [0.25, 0.3) is 43.9 Å². The van der Waals surface area contributed by atoms with Crippen molar-refractivity contribution in [2.75, 3.05) is 28.4 Å². The number of fused-ring (bicyclic) bond motifs is 4. The lowest BCUT2D eigenvalue weighted by Crippen LogP contribution is -2.29. The smallest absolute Gasteiger partial charge is 0.203 e. The van der Waals surface area contributed by atoms with E-state index in [0.717, 1.165) is 55.9 Å². The van der Waals surface area contributed by atoms with E-state index < -0.39 is 44.7 Å². The van der Waals surface area contributed by atoms with Gasteiger partial charge in [-0.25, -0.2) is 0 Å². The second-order valence-corrected chi connectivity index (χ2v) is 33.0. The molecule has 16 nitrogen and oxygen atoms in total. The number of hydrogen-bond acceptors (Lipinski definition) is 16. The van der Waals surface area contributed by atoms with Gasteiger partial charge >= 0.3 is 0 Å². The maximum absolute atomic E-state index is 12.8. The number of carbonyl (C=O) groups excluding carboxylic acids is 6. The highest BCUT2D eigenvalue weighted by Gasteiger charge is 2.37. The highest BCUT2D eigenvalue weighted by molar-refractivity contribution is 6.06. The Labute approximate surface area is 569 Å². The Morgan fingerprint density at radius 1 is 0.406 bits per heavy atom. The molecule has 4 aromatic carbocycles. The van der Waals surface area contributed by atoms with Gasteiger partial charge in [0.25, 0.3) is 0 Å². The van der Waals surface area contributed by atoms with Gasteiger partial charge in [0.2, 0.25) is 17.3 Å². The maximum atomic E-state index is 12.8. The second kappa shape index (κ2) is 30.7. The summed E-state index contributed by atoms with van der Waals surface area (Å²) in [6.45, 7) is 47.5. The molecule has 0 radical (unpaired) electrons. The summed E-state index contributed by atoms with van der Waals surface area (Å²) in [5, 5.41) is 24.7. The number of methoxy groups -OCH3 is 4. The van der Waals surface area contributed by atoms with E-state index in [-0.39, 0.29) is 58.3 Å². The van der Waals surface area contributed by atoms with E-state index in [0.29, 0.717) is 63.3 Å². The Kier molecular flexibility index (Phi) is 25.8. The molecule has 4 aromatic heterocycles. The van der Waals surface area contributed by atoms with E-state index in [1.54, 1.807) is 52.7 Å². The van der Waals surface area contributed by atoms with Crippen molar-refractivity contribution >= 4 is 79.1 Å². The summed E-state index contributed by atoms with van der Waals surface area (Å²) in [5.74, 6) is 4.41. The number of ether oxygens (including phenoxy) is 4. The minimum Gasteiger partial charge on any atom is -0.497 e. The lowest BCUT2D eigenvalue weighted by Gasteiger charge is -2.26. The van der Waals surface area contributed by atoms with Crippen molar-refractivity contribution in [3.63, 3.8) is 0 Å². The third-order valence-corrected chi connectivity index (χ3v) is 16.0. The zero-order valence-corrected chi connectivity index (χ0v) is 62.9. The summed E-state index contributed by atoms with van der Waals surface area (Å²) < 4.78 is 44.4. The average molecular weight is 1330 g/mol. The van der Waals surface area contributed by atoms with Gasteiger partial charge in [-0.05, 0) is 90.6 Å². The zero-order valence-electron chi connectivity index (χ0n) is 62.9. The Hall–Kier alpha value is -7.82. The summed E-state index contributed by atoms with van der Waals surface area (Å²) in [7, 11) is 6.42. The molecule has 0 fully saturated rings. The highest BCUT2D eigenvalue weighted by atomic mass is 16.5. The van der Waals surface area contributed by atoms with Crippen molar-refractivity contribution in [2.45, 2.75) is 205 Å². The molecule has 526 valence electrons. The van der Waals surface area contributed by atoms with Gasteiger partial charge in [-0.1, -0.05) is 166 Å². The molecule has 0 aliphatic heterocycles. The van der Waals surface area contributed by atoms with Crippen molar-refractivity contribution in [1.29, 1.82) is 0 Å². The lowest BCUT2D eigenvalue weighted by atomic mass is 9.82. The number of furan rings is 4. The normalized spacial score (nSPS) is 13.0.